The Balaban J connectivity index is 1.89. The molecule has 2 aromatic rings. The molecule has 0 radical (unpaired) electrons. The summed E-state index contributed by atoms with van der Waals surface area (Å²) in [7, 11) is 5.37. The van der Waals surface area contributed by atoms with Crippen molar-refractivity contribution in [2.75, 3.05) is 26.0 Å². The number of nitrogens with one attached hydrogen (secondary N) is 2. The van der Waals surface area contributed by atoms with E-state index in [2.05, 4.69) is 21.7 Å². The highest BCUT2D eigenvalue weighted by molar-refractivity contribution is 7.09. The molecule has 118 valence electrons. The van der Waals surface area contributed by atoms with Crippen molar-refractivity contribution in [3.8, 4) is 0 Å². The normalized spacial score (nSPS) is 11.4. The minimum absolute atomic E-state index is 0.217. The van der Waals surface area contributed by atoms with Crippen molar-refractivity contribution in [1.29, 1.82) is 0 Å². The molecule has 1 aromatic carbocycles. The van der Waals surface area contributed by atoms with Gasteiger partial charge < -0.3 is 15.5 Å². The van der Waals surface area contributed by atoms with Gasteiger partial charge in [0.25, 0.3) is 0 Å². The Kier molecular flexibility index (Phi) is 5.77. The Morgan fingerprint density at radius 1 is 1.23 bits per heavy atom. The fourth-order valence-electron chi connectivity index (χ4n) is 2.01. The van der Waals surface area contributed by atoms with E-state index in [1.165, 1.54) is 4.88 Å². The zero-order valence-corrected chi connectivity index (χ0v) is 13.9. The maximum absolute atomic E-state index is 13.9. The number of benzene rings is 1. The van der Waals surface area contributed by atoms with Crippen LogP contribution in [0.4, 0.5) is 10.1 Å². The fraction of sp³-hybridized carbons (Fsp3) is 0.312. The summed E-state index contributed by atoms with van der Waals surface area (Å²) in [6, 6.07) is 9.34. The summed E-state index contributed by atoms with van der Waals surface area (Å²) >= 11 is 1.70. The van der Waals surface area contributed by atoms with E-state index in [9.17, 15) is 4.39 Å². The smallest absolute Gasteiger partial charge is 0.191 e. The molecule has 0 spiro atoms. The van der Waals surface area contributed by atoms with Gasteiger partial charge in [-0.05, 0) is 29.1 Å². The van der Waals surface area contributed by atoms with E-state index in [1.807, 2.05) is 31.6 Å². The Hall–Kier alpha value is -2.08. The van der Waals surface area contributed by atoms with Crippen LogP contribution in [0.2, 0.25) is 0 Å². The molecule has 4 nitrogen and oxygen atoms in total. The number of aliphatic imine (C=N–C) groups is 1. The molecule has 0 aliphatic carbocycles. The molecular formula is C16H21FN4S. The van der Waals surface area contributed by atoms with Crippen LogP contribution < -0.4 is 15.5 Å². The molecule has 22 heavy (non-hydrogen) atoms. The van der Waals surface area contributed by atoms with Gasteiger partial charge in [-0.2, -0.15) is 0 Å². The number of anilines is 1. The minimum atomic E-state index is -0.217. The van der Waals surface area contributed by atoms with Gasteiger partial charge in [0, 0.05) is 32.6 Å². The van der Waals surface area contributed by atoms with Crippen molar-refractivity contribution in [2.24, 2.45) is 4.99 Å². The SMILES string of the molecule is CN=C(NCc1ccc(N(C)C)c(F)c1)NCc1cccs1. The quantitative estimate of drug-likeness (QED) is 0.657. The molecule has 1 aromatic heterocycles. The first kappa shape index (κ1) is 16.3. The number of thiophene rings is 1. The molecule has 0 atom stereocenters. The lowest BCUT2D eigenvalue weighted by Gasteiger charge is -2.15. The van der Waals surface area contributed by atoms with Crippen LogP contribution in [0, 0.1) is 5.82 Å². The summed E-state index contributed by atoms with van der Waals surface area (Å²) < 4.78 is 13.9. The van der Waals surface area contributed by atoms with Crippen molar-refractivity contribution < 1.29 is 4.39 Å². The van der Waals surface area contributed by atoms with E-state index in [1.54, 1.807) is 35.4 Å². The maximum atomic E-state index is 13.9. The molecule has 6 heteroatoms. The predicted molar refractivity (Wildman–Crippen MR) is 92.1 cm³/mol. The van der Waals surface area contributed by atoms with E-state index in [-0.39, 0.29) is 5.82 Å². The number of nitrogens with zero attached hydrogens (tertiary/aromatic N) is 2. The van der Waals surface area contributed by atoms with Crippen LogP contribution in [0.1, 0.15) is 10.4 Å². The Labute approximate surface area is 134 Å². The molecule has 2 N–H and O–H groups in total. The maximum Gasteiger partial charge on any atom is 0.191 e. The fourth-order valence-corrected chi connectivity index (χ4v) is 2.66. The second-order valence-electron chi connectivity index (χ2n) is 5.04. The summed E-state index contributed by atoms with van der Waals surface area (Å²) in [5, 5.41) is 8.46. The molecule has 0 saturated heterocycles. The van der Waals surface area contributed by atoms with E-state index in [0.717, 1.165) is 12.1 Å². The molecule has 1 heterocycles. The van der Waals surface area contributed by atoms with Crippen LogP contribution in [0.5, 0.6) is 0 Å². The van der Waals surface area contributed by atoms with Gasteiger partial charge in [-0.1, -0.05) is 12.1 Å². The third-order valence-corrected chi connectivity index (χ3v) is 4.06. The largest absolute Gasteiger partial charge is 0.375 e. The van der Waals surface area contributed by atoms with Crippen LogP contribution in [-0.2, 0) is 13.1 Å². The van der Waals surface area contributed by atoms with Crippen LogP contribution >= 0.6 is 11.3 Å². The topological polar surface area (TPSA) is 39.7 Å². The van der Waals surface area contributed by atoms with Gasteiger partial charge >= 0.3 is 0 Å². The lowest BCUT2D eigenvalue weighted by molar-refractivity contribution is 0.623. The number of hydrogen-bond acceptors (Lipinski definition) is 3. The number of guanidine groups is 1. The molecule has 0 aliphatic heterocycles. The molecule has 2 rings (SSSR count). The van der Waals surface area contributed by atoms with Crippen molar-refractivity contribution >= 4 is 23.0 Å². The molecule has 0 bridgehead atoms. The minimum Gasteiger partial charge on any atom is -0.375 e. The highest BCUT2D eigenvalue weighted by atomic mass is 32.1. The van der Waals surface area contributed by atoms with Crippen LogP contribution in [-0.4, -0.2) is 27.1 Å². The zero-order chi connectivity index (χ0) is 15.9. The summed E-state index contributed by atoms with van der Waals surface area (Å²) in [6.07, 6.45) is 0. The summed E-state index contributed by atoms with van der Waals surface area (Å²) in [4.78, 5) is 7.17. The molecule has 0 saturated carbocycles. The van der Waals surface area contributed by atoms with E-state index < -0.39 is 0 Å². The van der Waals surface area contributed by atoms with Gasteiger partial charge in [-0.15, -0.1) is 11.3 Å². The Morgan fingerprint density at radius 3 is 2.59 bits per heavy atom. The number of hydrogen-bond donors (Lipinski definition) is 2. The second-order valence-corrected chi connectivity index (χ2v) is 6.07. The van der Waals surface area contributed by atoms with E-state index >= 15 is 0 Å². The number of rotatable bonds is 5. The van der Waals surface area contributed by atoms with Crippen LogP contribution in [0.25, 0.3) is 0 Å². The van der Waals surface area contributed by atoms with Gasteiger partial charge in [0.15, 0.2) is 5.96 Å². The van der Waals surface area contributed by atoms with Crippen molar-refractivity contribution in [2.45, 2.75) is 13.1 Å². The molecular weight excluding hydrogens is 299 g/mol. The first-order chi connectivity index (χ1) is 10.6. The molecule has 0 unspecified atom stereocenters. The van der Waals surface area contributed by atoms with Crippen molar-refractivity contribution in [3.63, 3.8) is 0 Å². The Bertz CT molecular complexity index is 623. The first-order valence-corrected chi connectivity index (χ1v) is 7.90. The van der Waals surface area contributed by atoms with Gasteiger partial charge in [-0.3, -0.25) is 4.99 Å². The summed E-state index contributed by atoms with van der Waals surface area (Å²) in [6.45, 7) is 1.25. The zero-order valence-electron chi connectivity index (χ0n) is 13.1. The van der Waals surface area contributed by atoms with E-state index in [4.69, 9.17) is 0 Å². The van der Waals surface area contributed by atoms with E-state index in [0.29, 0.717) is 18.2 Å². The lowest BCUT2D eigenvalue weighted by atomic mass is 10.2. The number of halogens is 1. The lowest BCUT2D eigenvalue weighted by Crippen LogP contribution is -2.36. The molecule has 0 fully saturated rings. The van der Waals surface area contributed by atoms with Crippen LogP contribution in [0.3, 0.4) is 0 Å². The molecule has 0 aliphatic rings. The Morgan fingerprint density at radius 2 is 2.00 bits per heavy atom. The third-order valence-electron chi connectivity index (χ3n) is 3.19. The van der Waals surface area contributed by atoms with Crippen molar-refractivity contribution in [3.05, 3.63) is 52.0 Å². The average Bonchev–Trinajstić information content (AvgIpc) is 3.00. The first-order valence-electron chi connectivity index (χ1n) is 7.03. The van der Waals surface area contributed by atoms with Crippen LogP contribution in [0.15, 0.2) is 40.7 Å². The second kappa shape index (κ2) is 7.79. The standard InChI is InChI=1S/C16H21FN4S/c1-18-16(20-11-13-5-4-8-22-13)19-10-12-6-7-15(21(2)3)14(17)9-12/h4-9H,10-11H2,1-3H3,(H2,18,19,20). The van der Waals surface area contributed by atoms with Gasteiger partial charge in [0.05, 0.1) is 12.2 Å². The average molecular weight is 320 g/mol. The highest BCUT2D eigenvalue weighted by Gasteiger charge is 2.06. The highest BCUT2D eigenvalue weighted by Crippen LogP contribution is 2.18. The summed E-state index contributed by atoms with van der Waals surface area (Å²) in [5.74, 6) is 0.483. The molecule has 0 amide bonds. The monoisotopic (exact) mass is 320 g/mol. The summed E-state index contributed by atoms with van der Waals surface area (Å²) in [5.41, 5.74) is 1.46. The predicted octanol–water partition coefficient (Wildman–Crippen LogP) is 2.82. The van der Waals surface area contributed by atoms with Gasteiger partial charge in [0.2, 0.25) is 0 Å². The van der Waals surface area contributed by atoms with Gasteiger partial charge in [0.1, 0.15) is 5.82 Å². The third kappa shape index (κ3) is 4.46. The van der Waals surface area contributed by atoms with Crippen molar-refractivity contribution in [1.82, 2.24) is 10.6 Å². The van der Waals surface area contributed by atoms with Gasteiger partial charge in [-0.25, -0.2) is 4.39 Å².